The van der Waals surface area contributed by atoms with Crippen molar-refractivity contribution in [1.29, 1.82) is 0 Å². The van der Waals surface area contributed by atoms with Gasteiger partial charge in [-0.1, -0.05) is 12.8 Å². The molecule has 0 saturated heterocycles. The molecule has 0 aromatic rings. The predicted molar refractivity (Wildman–Crippen MR) is 45.5 cm³/mol. The minimum Gasteiger partial charge on any atom is -0.359 e. The van der Waals surface area contributed by atoms with Crippen molar-refractivity contribution in [3.05, 3.63) is 0 Å². The fourth-order valence-electron chi connectivity index (χ4n) is 0.876. The number of amides is 1. The maximum atomic E-state index is 9.81. The summed E-state index contributed by atoms with van der Waals surface area (Å²) in [4.78, 5) is 22.9. The first-order valence-electron chi connectivity index (χ1n) is 4.12. The van der Waals surface area contributed by atoms with Crippen LogP contribution in [0.2, 0.25) is 0 Å². The first kappa shape index (κ1) is 10.8. The lowest BCUT2D eigenvalue weighted by Crippen LogP contribution is -2.11. The van der Waals surface area contributed by atoms with Crippen LogP contribution in [-0.2, 0) is 9.59 Å². The Balaban J connectivity index is 2.90. The summed E-state index contributed by atoms with van der Waals surface area (Å²) in [7, 11) is 0. The third-order valence-corrected chi connectivity index (χ3v) is 1.49. The first-order chi connectivity index (χ1) is 5.91. The van der Waals surface area contributed by atoms with Crippen molar-refractivity contribution in [2.75, 3.05) is 13.1 Å². The Morgan fingerprint density at radius 2 is 2.00 bits per heavy atom. The standard InChI is InChI=1S/C8H14N2O2/c11-7-9-5-3-1-2-4-6-10-8-12/h7H,1-6H2,(H,9,11). The van der Waals surface area contributed by atoms with Crippen LogP contribution in [0, 0.1) is 0 Å². The van der Waals surface area contributed by atoms with Gasteiger partial charge in [0.2, 0.25) is 12.5 Å². The molecule has 0 saturated carbocycles. The second kappa shape index (κ2) is 9.85. The number of isocyanates is 1. The zero-order valence-electron chi connectivity index (χ0n) is 7.08. The number of rotatable bonds is 8. The summed E-state index contributed by atoms with van der Waals surface area (Å²) in [5.74, 6) is 0. The molecule has 4 nitrogen and oxygen atoms in total. The molecule has 12 heavy (non-hydrogen) atoms. The van der Waals surface area contributed by atoms with Crippen LogP contribution in [0.15, 0.2) is 4.99 Å². The monoisotopic (exact) mass is 170 g/mol. The van der Waals surface area contributed by atoms with Crippen molar-refractivity contribution < 1.29 is 9.59 Å². The first-order valence-corrected chi connectivity index (χ1v) is 4.12. The molecule has 0 aromatic heterocycles. The minimum absolute atomic E-state index is 0.574. The van der Waals surface area contributed by atoms with E-state index < -0.39 is 0 Å². The number of unbranched alkanes of at least 4 members (excludes halogenated alkanes) is 3. The maximum absolute atomic E-state index is 9.81. The Labute approximate surface area is 72.1 Å². The molecule has 0 unspecified atom stereocenters. The molecule has 0 fully saturated rings. The van der Waals surface area contributed by atoms with Crippen LogP contribution in [0.25, 0.3) is 0 Å². The smallest absolute Gasteiger partial charge is 0.234 e. The highest BCUT2D eigenvalue weighted by Gasteiger charge is 1.88. The lowest BCUT2D eigenvalue weighted by Gasteiger charge is -1.97. The molecule has 0 heterocycles. The third kappa shape index (κ3) is 8.85. The van der Waals surface area contributed by atoms with E-state index in [4.69, 9.17) is 0 Å². The average Bonchev–Trinajstić information content (AvgIpc) is 2.10. The Morgan fingerprint density at radius 3 is 2.67 bits per heavy atom. The van der Waals surface area contributed by atoms with Crippen LogP contribution >= 0.6 is 0 Å². The number of carbonyl (C=O) groups excluding carboxylic acids is 2. The molecule has 4 heteroatoms. The molecule has 0 atom stereocenters. The molecule has 0 radical (unpaired) electrons. The SMILES string of the molecule is O=C=NCCCCCCNC=O. The predicted octanol–water partition coefficient (Wildman–Crippen LogP) is 0.629. The summed E-state index contributed by atoms with van der Waals surface area (Å²) >= 11 is 0. The normalized spacial score (nSPS) is 8.67. The summed E-state index contributed by atoms with van der Waals surface area (Å²) in [6.45, 7) is 1.31. The molecule has 0 aliphatic heterocycles. The fourth-order valence-corrected chi connectivity index (χ4v) is 0.876. The molecule has 0 aromatic carbocycles. The van der Waals surface area contributed by atoms with Crippen LogP contribution < -0.4 is 5.32 Å². The van der Waals surface area contributed by atoms with Crippen molar-refractivity contribution in [3.8, 4) is 0 Å². The Kier molecular flexibility index (Phi) is 8.91. The van der Waals surface area contributed by atoms with E-state index in [9.17, 15) is 9.59 Å². The minimum atomic E-state index is 0.574. The van der Waals surface area contributed by atoms with E-state index in [1.165, 1.54) is 6.08 Å². The Bertz CT molecular complexity index is 153. The third-order valence-electron chi connectivity index (χ3n) is 1.49. The van der Waals surface area contributed by atoms with E-state index in [1.807, 2.05) is 0 Å². The molecule has 1 amide bonds. The molecule has 0 rings (SSSR count). The number of hydrogen-bond acceptors (Lipinski definition) is 3. The van der Waals surface area contributed by atoms with E-state index in [2.05, 4.69) is 10.3 Å². The topological polar surface area (TPSA) is 58.5 Å². The van der Waals surface area contributed by atoms with Crippen molar-refractivity contribution in [2.24, 2.45) is 4.99 Å². The quantitative estimate of drug-likeness (QED) is 0.251. The van der Waals surface area contributed by atoms with Crippen molar-refractivity contribution in [1.82, 2.24) is 5.32 Å². The Hall–Kier alpha value is -1.15. The van der Waals surface area contributed by atoms with Gasteiger partial charge in [0.25, 0.3) is 0 Å². The summed E-state index contributed by atoms with van der Waals surface area (Å²) < 4.78 is 0. The largest absolute Gasteiger partial charge is 0.359 e. The van der Waals surface area contributed by atoms with E-state index >= 15 is 0 Å². The van der Waals surface area contributed by atoms with Gasteiger partial charge in [0.15, 0.2) is 0 Å². The van der Waals surface area contributed by atoms with Crippen molar-refractivity contribution >= 4 is 12.5 Å². The van der Waals surface area contributed by atoms with E-state index in [0.717, 1.165) is 32.2 Å². The molecule has 0 bridgehead atoms. The van der Waals surface area contributed by atoms with E-state index in [1.54, 1.807) is 0 Å². The molecule has 0 aliphatic rings. The van der Waals surface area contributed by atoms with Gasteiger partial charge in [0.05, 0.1) is 6.54 Å². The molecule has 0 spiro atoms. The van der Waals surface area contributed by atoms with Gasteiger partial charge in [-0.15, -0.1) is 0 Å². The lowest BCUT2D eigenvalue weighted by atomic mass is 10.2. The number of nitrogens with zero attached hydrogens (tertiary/aromatic N) is 1. The van der Waals surface area contributed by atoms with Gasteiger partial charge in [-0.2, -0.15) is 0 Å². The van der Waals surface area contributed by atoms with Crippen LogP contribution in [0.3, 0.4) is 0 Å². The highest BCUT2D eigenvalue weighted by atomic mass is 16.1. The van der Waals surface area contributed by atoms with Crippen LogP contribution in [0.5, 0.6) is 0 Å². The van der Waals surface area contributed by atoms with Gasteiger partial charge < -0.3 is 5.32 Å². The average molecular weight is 170 g/mol. The number of nitrogens with one attached hydrogen (secondary N) is 1. The number of hydrogen-bond donors (Lipinski definition) is 1. The van der Waals surface area contributed by atoms with Crippen molar-refractivity contribution in [2.45, 2.75) is 25.7 Å². The molecule has 68 valence electrons. The summed E-state index contributed by atoms with van der Waals surface area (Å²) in [5, 5.41) is 2.58. The van der Waals surface area contributed by atoms with Gasteiger partial charge in [-0.25, -0.2) is 9.79 Å². The summed E-state index contributed by atoms with van der Waals surface area (Å²) in [6.07, 6.45) is 6.23. The van der Waals surface area contributed by atoms with Gasteiger partial charge in [0.1, 0.15) is 0 Å². The zero-order valence-corrected chi connectivity index (χ0v) is 7.08. The highest BCUT2D eigenvalue weighted by Crippen LogP contribution is 1.98. The van der Waals surface area contributed by atoms with Crippen LogP contribution in [0.1, 0.15) is 25.7 Å². The van der Waals surface area contributed by atoms with Gasteiger partial charge in [-0.3, -0.25) is 4.79 Å². The second-order valence-corrected chi connectivity index (χ2v) is 2.46. The van der Waals surface area contributed by atoms with Crippen LogP contribution in [-0.4, -0.2) is 25.6 Å². The molecular weight excluding hydrogens is 156 g/mol. The summed E-state index contributed by atoms with van der Waals surface area (Å²) in [5.41, 5.74) is 0. The Morgan fingerprint density at radius 1 is 1.25 bits per heavy atom. The van der Waals surface area contributed by atoms with Gasteiger partial charge in [0, 0.05) is 6.54 Å². The zero-order chi connectivity index (χ0) is 9.07. The molecular formula is C8H14N2O2. The fraction of sp³-hybridized carbons (Fsp3) is 0.750. The van der Waals surface area contributed by atoms with E-state index in [0.29, 0.717) is 13.0 Å². The number of aliphatic imine (C=N–C) groups is 1. The maximum Gasteiger partial charge on any atom is 0.234 e. The van der Waals surface area contributed by atoms with E-state index in [-0.39, 0.29) is 0 Å². The second-order valence-electron chi connectivity index (χ2n) is 2.46. The molecule has 0 aliphatic carbocycles. The van der Waals surface area contributed by atoms with Crippen molar-refractivity contribution in [3.63, 3.8) is 0 Å². The lowest BCUT2D eigenvalue weighted by molar-refractivity contribution is -0.109. The van der Waals surface area contributed by atoms with Crippen LogP contribution in [0.4, 0.5) is 0 Å². The summed E-state index contributed by atoms with van der Waals surface area (Å²) in [6, 6.07) is 0. The highest BCUT2D eigenvalue weighted by molar-refractivity contribution is 5.45. The molecule has 1 N–H and O–H groups in total. The number of carbonyl (C=O) groups is 1. The van der Waals surface area contributed by atoms with Gasteiger partial charge >= 0.3 is 0 Å². The van der Waals surface area contributed by atoms with Gasteiger partial charge in [-0.05, 0) is 12.8 Å².